The molecule has 3 amide bonds. The van der Waals surface area contributed by atoms with Crippen molar-refractivity contribution in [3.63, 3.8) is 0 Å². The lowest BCUT2D eigenvalue weighted by Gasteiger charge is -2.14. The maximum atomic E-state index is 12.0. The van der Waals surface area contributed by atoms with Crippen molar-refractivity contribution >= 4 is 23.7 Å². The molecule has 23 heavy (non-hydrogen) atoms. The minimum atomic E-state index is -0.787. The number of nitrogens with zero attached hydrogens (tertiary/aromatic N) is 1. The smallest absolute Gasteiger partial charge is 0.342 e. The summed E-state index contributed by atoms with van der Waals surface area (Å²) >= 11 is 0. The molecule has 0 bridgehead atoms. The molecule has 0 atom stereocenters. The molecule has 1 fully saturated rings. The number of hydrogen-bond donors (Lipinski definition) is 1. The molecule has 0 radical (unpaired) electrons. The maximum Gasteiger partial charge on any atom is 0.342 e. The van der Waals surface area contributed by atoms with E-state index in [0.29, 0.717) is 19.4 Å². The summed E-state index contributed by atoms with van der Waals surface area (Å²) in [6.07, 6.45) is 0.936. The summed E-state index contributed by atoms with van der Waals surface area (Å²) in [4.78, 5) is 47.1. The number of ether oxygens (including phenoxy) is 2. The Morgan fingerprint density at radius 2 is 1.91 bits per heavy atom. The second-order valence-electron chi connectivity index (χ2n) is 4.87. The predicted octanol–water partition coefficient (Wildman–Crippen LogP) is -0.144. The van der Waals surface area contributed by atoms with E-state index in [9.17, 15) is 19.2 Å². The Hall–Kier alpha value is -2.90. The summed E-state index contributed by atoms with van der Waals surface area (Å²) in [7, 11) is 0. The van der Waals surface area contributed by atoms with Crippen molar-refractivity contribution in [1.29, 1.82) is 0 Å². The molecule has 1 aliphatic heterocycles. The average Bonchev–Trinajstić information content (AvgIpc) is 2.96. The fraction of sp³-hybridized carbons (Fsp3) is 0.333. The zero-order valence-electron chi connectivity index (χ0n) is 12.3. The van der Waals surface area contributed by atoms with Crippen LogP contribution in [0.25, 0.3) is 0 Å². The van der Waals surface area contributed by atoms with Gasteiger partial charge in [0.05, 0.1) is 0 Å². The predicted molar refractivity (Wildman–Crippen MR) is 77.4 cm³/mol. The lowest BCUT2D eigenvalue weighted by molar-refractivity contribution is -0.143. The van der Waals surface area contributed by atoms with Crippen LogP contribution in [0, 0.1) is 0 Å². The van der Waals surface area contributed by atoms with E-state index >= 15 is 0 Å². The second-order valence-corrected chi connectivity index (χ2v) is 4.87. The highest BCUT2D eigenvalue weighted by Crippen LogP contribution is 2.19. The van der Waals surface area contributed by atoms with Crippen LogP contribution in [-0.2, 0) is 19.1 Å². The number of para-hydroxylation sites is 1. The van der Waals surface area contributed by atoms with Gasteiger partial charge in [-0.1, -0.05) is 12.1 Å². The van der Waals surface area contributed by atoms with Gasteiger partial charge in [0.15, 0.2) is 13.2 Å². The van der Waals surface area contributed by atoms with Gasteiger partial charge < -0.3 is 15.2 Å². The molecular weight excluding hydrogens is 304 g/mol. The van der Waals surface area contributed by atoms with E-state index in [1.54, 1.807) is 12.1 Å². The molecule has 8 heteroatoms. The van der Waals surface area contributed by atoms with Gasteiger partial charge in [-0.25, -0.2) is 4.79 Å². The Morgan fingerprint density at radius 3 is 2.57 bits per heavy atom. The van der Waals surface area contributed by atoms with Crippen molar-refractivity contribution < 1.29 is 28.7 Å². The molecule has 1 aromatic carbocycles. The molecule has 1 heterocycles. The van der Waals surface area contributed by atoms with E-state index in [0.717, 1.165) is 4.90 Å². The molecule has 0 aliphatic carbocycles. The summed E-state index contributed by atoms with van der Waals surface area (Å²) in [5, 5.41) is 0. The first kappa shape index (κ1) is 16.5. The van der Waals surface area contributed by atoms with Crippen LogP contribution >= 0.6 is 0 Å². The first-order chi connectivity index (χ1) is 11.0. The van der Waals surface area contributed by atoms with Crippen molar-refractivity contribution in [2.45, 2.75) is 12.8 Å². The van der Waals surface area contributed by atoms with Crippen LogP contribution in [0.4, 0.5) is 0 Å². The fourth-order valence-electron chi connectivity index (χ4n) is 2.10. The Balaban J connectivity index is 1.96. The molecule has 0 unspecified atom stereocenters. The Bertz CT molecular complexity index is 643. The van der Waals surface area contributed by atoms with Crippen LogP contribution in [0.15, 0.2) is 24.3 Å². The molecular formula is C15H16N2O6. The van der Waals surface area contributed by atoms with Gasteiger partial charge in [0.2, 0.25) is 5.91 Å². The zero-order chi connectivity index (χ0) is 16.8. The largest absolute Gasteiger partial charge is 0.483 e. The van der Waals surface area contributed by atoms with Crippen LogP contribution in [0.3, 0.4) is 0 Å². The van der Waals surface area contributed by atoms with E-state index in [1.165, 1.54) is 12.1 Å². The first-order valence-electron chi connectivity index (χ1n) is 6.99. The number of nitrogens with two attached hydrogens (primary N) is 1. The van der Waals surface area contributed by atoms with Crippen molar-refractivity contribution in [2.24, 2.45) is 5.73 Å². The van der Waals surface area contributed by atoms with Crippen LogP contribution in [0.2, 0.25) is 0 Å². The molecule has 1 aliphatic rings. The van der Waals surface area contributed by atoms with Gasteiger partial charge in [-0.15, -0.1) is 0 Å². The Kier molecular flexibility index (Phi) is 5.29. The zero-order valence-corrected chi connectivity index (χ0v) is 12.3. The SMILES string of the molecule is NC(=O)COc1ccccc1C(=O)OCC(=O)N1CCCC1=O. The standard InChI is InChI=1S/C15H16N2O6/c16-12(18)8-22-11-5-2-1-4-10(11)15(21)23-9-14(20)17-7-3-6-13(17)19/h1-2,4-5H,3,6-9H2,(H2,16,18). The Labute approximate surface area is 132 Å². The summed E-state index contributed by atoms with van der Waals surface area (Å²) < 4.78 is 10.0. The highest BCUT2D eigenvalue weighted by atomic mass is 16.5. The minimum Gasteiger partial charge on any atom is -0.483 e. The van der Waals surface area contributed by atoms with Gasteiger partial charge in [-0.05, 0) is 18.6 Å². The third-order valence-electron chi connectivity index (χ3n) is 3.18. The number of hydrogen-bond acceptors (Lipinski definition) is 6. The lowest BCUT2D eigenvalue weighted by atomic mass is 10.2. The van der Waals surface area contributed by atoms with E-state index in [2.05, 4.69) is 0 Å². The number of esters is 1. The van der Waals surface area contributed by atoms with Crippen molar-refractivity contribution in [2.75, 3.05) is 19.8 Å². The number of carbonyl (C=O) groups is 4. The third-order valence-corrected chi connectivity index (χ3v) is 3.18. The van der Waals surface area contributed by atoms with Gasteiger partial charge in [-0.3, -0.25) is 19.3 Å². The molecule has 8 nitrogen and oxygen atoms in total. The molecule has 0 saturated carbocycles. The minimum absolute atomic E-state index is 0.0642. The van der Waals surface area contributed by atoms with Gasteiger partial charge in [0.25, 0.3) is 11.8 Å². The van der Waals surface area contributed by atoms with E-state index in [4.69, 9.17) is 15.2 Å². The number of amides is 3. The van der Waals surface area contributed by atoms with E-state index < -0.39 is 24.4 Å². The molecule has 0 aromatic heterocycles. The molecule has 2 rings (SSSR count). The molecule has 122 valence electrons. The van der Waals surface area contributed by atoms with Crippen LogP contribution in [-0.4, -0.2) is 48.3 Å². The number of likely N-dealkylation sites (tertiary alicyclic amines) is 1. The summed E-state index contributed by atoms with van der Waals surface area (Å²) in [5.74, 6) is -2.17. The fourth-order valence-corrected chi connectivity index (χ4v) is 2.10. The van der Waals surface area contributed by atoms with E-state index in [1.807, 2.05) is 0 Å². The number of rotatable bonds is 6. The number of primary amides is 1. The monoisotopic (exact) mass is 320 g/mol. The highest BCUT2D eigenvalue weighted by Gasteiger charge is 2.27. The van der Waals surface area contributed by atoms with Crippen molar-refractivity contribution in [3.05, 3.63) is 29.8 Å². The second kappa shape index (κ2) is 7.39. The molecule has 1 aromatic rings. The van der Waals surface area contributed by atoms with Crippen LogP contribution in [0.5, 0.6) is 5.75 Å². The topological polar surface area (TPSA) is 116 Å². The third kappa shape index (κ3) is 4.29. The molecule has 2 N–H and O–H groups in total. The summed E-state index contributed by atoms with van der Waals surface area (Å²) in [6, 6.07) is 6.11. The summed E-state index contributed by atoms with van der Waals surface area (Å²) in [6.45, 7) is -0.576. The van der Waals surface area contributed by atoms with Crippen molar-refractivity contribution in [1.82, 2.24) is 4.90 Å². The quantitative estimate of drug-likeness (QED) is 0.729. The number of carbonyl (C=O) groups excluding carboxylic acids is 4. The van der Waals surface area contributed by atoms with Gasteiger partial charge in [0.1, 0.15) is 11.3 Å². The van der Waals surface area contributed by atoms with Gasteiger partial charge >= 0.3 is 5.97 Å². The summed E-state index contributed by atoms with van der Waals surface area (Å²) in [5.41, 5.74) is 5.05. The molecule has 0 spiro atoms. The highest BCUT2D eigenvalue weighted by molar-refractivity contribution is 5.99. The van der Waals surface area contributed by atoms with E-state index in [-0.39, 0.29) is 23.8 Å². The van der Waals surface area contributed by atoms with Crippen molar-refractivity contribution in [3.8, 4) is 5.75 Å². The lowest BCUT2D eigenvalue weighted by Crippen LogP contribution is -2.35. The number of imide groups is 1. The first-order valence-corrected chi connectivity index (χ1v) is 6.99. The number of benzene rings is 1. The van der Waals surface area contributed by atoms with Crippen LogP contribution < -0.4 is 10.5 Å². The Morgan fingerprint density at radius 1 is 1.17 bits per heavy atom. The van der Waals surface area contributed by atoms with Gasteiger partial charge in [0, 0.05) is 13.0 Å². The normalized spacial score (nSPS) is 13.7. The average molecular weight is 320 g/mol. The van der Waals surface area contributed by atoms with Crippen LogP contribution in [0.1, 0.15) is 23.2 Å². The van der Waals surface area contributed by atoms with Gasteiger partial charge in [-0.2, -0.15) is 0 Å². The molecule has 1 saturated heterocycles. The maximum absolute atomic E-state index is 12.0.